The highest BCUT2D eigenvalue weighted by molar-refractivity contribution is 14.1. The normalized spacial score (nSPS) is 11.4. The number of halogens is 3. The number of imidazole rings is 1. The van der Waals surface area contributed by atoms with Gasteiger partial charge in [-0.05, 0) is 40.8 Å². The molecule has 0 bridgehead atoms. The summed E-state index contributed by atoms with van der Waals surface area (Å²) in [5.74, 6) is 0. The number of fused-ring (bicyclic) bond motifs is 1. The second-order valence-electron chi connectivity index (χ2n) is 2.92. The molecule has 0 aliphatic heterocycles. The summed E-state index contributed by atoms with van der Waals surface area (Å²) in [4.78, 5) is 4.06. The SMILES string of the molecule is FC(F)Cn1cnc2cc(I)ccc21. The number of hydrogen-bond acceptors (Lipinski definition) is 1. The number of nitrogens with zero attached hydrogens (tertiary/aromatic N) is 2. The van der Waals surface area contributed by atoms with Gasteiger partial charge < -0.3 is 4.57 Å². The number of alkyl halides is 2. The molecule has 1 aromatic carbocycles. The van der Waals surface area contributed by atoms with E-state index >= 15 is 0 Å². The molecule has 0 amide bonds. The fourth-order valence-electron chi connectivity index (χ4n) is 1.33. The molecule has 0 atom stereocenters. The van der Waals surface area contributed by atoms with Crippen molar-refractivity contribution < 1.29 is 8.78 Å². The second kappa shape index (κ2) is 3.80. The van der Waals surface area contributed by atoms with Gasteiger partial charge in [0.15, 0.2) is 0 Å². The zero-order chi connectivity index (χ0) is 10.1. The summed E-state index contributed by atoms with van der Waals surface area (Å²) in [5.41, 5.74) is 1.52. The Morgan fingerprint density at radius 1 is 1.43 bits per heavy atom. The average molecular weight is 308 g/mol. The van der Waals surface area contributed by atoms with Gasteiger partial charge in [0.05, 0.1) is 23.9 Å². The van der Waals surface area contributed by atoms with Crippen molar-refractivity contribution in [3.05, 3.63) is 28.1 Å². The van der Waals surface area contributed by atoms with Gasteiger partial charge in [-0.25, -0.2) is 13.8 Å². The van der Waals surface area contributed by atoms with Crippen molar-refractivity contribution in [1.29, 1.82) is 0 Å². The average Bonchev–Trinajstić information content (AvgIpc) is 2.47. The Hall–Kier alpha value is -0.720. The van der Waals surface area contributed by atoms with Crippen LogP contribution in [0.1, 0.15) is 0 Å². The number of hydrogen-bond donors (Lipinski definition) is 0. The first-order valence-corrected chi connectivity index (χ1v) is 5.13. The molecular weight excluding hydrogens is 301 g/mol. The van der Waals surface area contributed by atoms with Gasteiger partial charge in [-0.15, -0.1) is 0 Å². The predicted octanol–water partition coefficient (Wildman–Crippen LogP) is 2.91. The molecule has 2 rings (SSSR count). The Morgan fingerprint density at radius 3 is 2.93 bits per heavy atom. The van der Waals surface area contributed by atoms with E-state index in [-0.39, 0.29) is 6.54 Å². The number of aromatic nitrogens is 2. The predicted molar refractivity (Wildman–Crippen MR) is 58.5 cm³/mol. The monoisotopic (exact) mass is 308 g/mol. The van der Waals surface area contributed by atoms with Crippen LogP contribution in [0.25, 0.3) is 11.0 Å². The van der Waals surface area contributed by atoms with E-state index in [1.54, 1.807) is 0 Å². The van der Waals surface area contributed by atoms with Crippen LogP contribution in [0.15, 0.2) is 24.5 Å². The molecule has 0 unspecified atom stereocenters. The zero-order valence-corrected chi connectivity index (χ0v) is 9.28. The van der Waals surface area contributed by atoms with Gasteiger partial charge in [-0.3, -0.25) is 0 Å². The molecular formula is C9H7F2IN2. The molecule has 2 nitrogen and oxygen atoms in total. The van der Waals surface area contributed by atoms with Crippen molar-refractivity contribution in [2.75, 3.05) is 0 Å². The molecule has 0 aliphatic rings. The third-order valence-electron chi connectivity index (χ3n) is 1.92. The third-order valence-corrected chi connectivity index (χ3v) is 2.59. The van der Waals surface area contributed by atoms with Crippen molar-refractivity contribution in [2.24, 2.45) is 0 Å². The lowest BCUT2D eigenvalue weighted by Gasteiger charge is -2.02. The van der Waals surface area contributed by atoms with Crippen LogP contribution in [-0.4, -0.2) is 16.0 Å². The first-order valence-electron chi connectivity index (χ1n) is 4.05. The molecule has 0 aliphatic carbocycles. The quantitative estimate of drug-likeness (QED) is 0.780. The van der Waals surface area contributed by atoms with E-state index in [1.165, 1.54) is 10.9 Å². The van der Waals surface area contributed by atoms with Crippen LogP contribution >= 0.6 is 22.6 Å². The largest absolute Gasteiger partial charge is 0.325 e. The van der Waals surface area contributed by atoms with Crippen LogP contribution in [0, 0.1) is 3.57 Å². The third kappa shape index (κ3) is 1.87. The fraction of sp³-hybridized carbons (Fsp3) is 0.222. The second-order valence-corrected chi connectivity index (χ2v) is 4.17. The highest BCUT2D eigenvalue weighted by Gasteiger charge is 2.07. The van der Waals surface area contributed by atoms with Gasteiger partial charge in [-0.1, -0.05) is 0 Å². The molecule has 5 heteroatoms. The molecule has 74 valence electrons. The minimum Gasteiger partial charge on any atom is -0.325 e. The molecule has 1 heterocycles. The first-order chi connectivity index (χ1) is 6.66. The van der Waals surface area contributed by atoms with Crippen LogP contribution in [-0.2, 0) is 6.54 Å². The fourth-order valence-corrected chi connectivity index (χ4v) is 1.81. The van der Waals surface area contributed by atoms with E-state index in [4.69, 9.17) is 0 Å². The molecule has 0 saturated carbocycles. The van der Waals surface area contributed by atoms with Crippen LogP contribution in [0.5, 0.6) is 0 Å². The topological polar surface area (TPSA) is 17.8 Å². The number of benzene rings is 1. The van der Waals surface area contributed by atoms with Crippen molar-refractivity contribution in [1.82, 2.24) is 9.55 Å². The van der Waals surface area contributed by atoms with Crippen LogP contribution in [0.3, 0.4) is 0 Å². The van der Waals surface area contributed by atoms with Crippen LogP contribution in [0.4, 0.5) is 8.78 Å². The van der Waals surface area contributed by atoms with Gasteiger partial charge in [0.2, 0.25) is 0 Å². The Bertz CT molecular complexity index is 453. The minimum absolute atomic E-state index is 0.295. The van der Waals surface area contributed by atoms with E-state index < -0.39 is 6.43 Å². The van der Waals surface area contributed by atoms with Gasteiger partial charge >= 0.3 is 0 Å². The molecule has 0 radical (unpaired) electrons. The van der Waals surface area contributed by atoms with E-state index in [2.05, 4.69) is 27.6 Å². The molecule has 0 fully saturated rings. The van der Waals surface area contributed by atoms with Gasteiger partial charge in [0.25, 0.3) is 6.43 Å². The molecule has 2 aromatic rings. The maximum Gasteiger partial charge on any atom is 0.256 e. The lowest BCUT2D eigenvalue weighted by molar-refractivity contribution is 0.128. The maximum absolute atomic E-state index is 12.2. The minimum atomic E-state index is -2.34. The molecule has 0 saturated heterocycles. The van der Waals surface area contributed by atoms with Gasteiger partial charge in [0.1, 0.15) is 0 Å². The Morgan fingerprint density at radius 2 is 2.21 bits per heavy atom. The zero-order valence-electron chi connectivity index (χ0n) is 7.12. The molecule has 14 heavy (non-hydrogen) atoms. The lowest BCUT2D eigenvalue weighted by Crippen LogP contribution is -2.04. The molecule has 0 N–H and O–H groups in total. The Labute approximate surface area is 93.1 Å². The molecule has 1 aromatic heterocycles. The van der Waals surface area contributed by atoms with E-state index in [0.717, 1.165) is 14.6 Å². The summed E-state index contributed by atoms with van der Waals surface area (Å²) in [5, 5.41) is 0. The summed E-state index contributed by atoms with van der Waals surface area (Å²) in [6.45, 7) is -0.295. The highest BCUT2D eigenvalue weighted by Crippen LogP contribution is 2.16. The van der Waals surface area contributed by atoms with E-state index in [0.29, 0.717) is 0 Å². The van der Waals surface area contributed by atoms with Gasteiger partial charge in [0, 0.05) is 3.57 Å². The maximum atomic E-state index is 12.2. The standard InChI is InChI=1S/C9H7F2IN2/c10-9(11)4-14-5-13-7-3-6(12)1-2-8(7)14/h1-3,5,9H,4H2. The number of rotatable bonds is 2. The summed E-state index contributed by atoms with van der Waals surface area (Å²) >= 11 is 2.17. The van der Waals surface area contributed by atoms with E-state index in [1.807, 2.05) is 18.2 Å². The lowest BCUT2D eigenvalue weighted by atomic mass is 10.3. The molecule has 0 spiro atoms. The van der Waals surface area contributed by atoms with Crippen molar-refractivity contribution in [3.63, 3.8) is 0 Å². The smallest absolute Gasteiger partial charge is 0.256 e. The van der Waals surface area contributed by atoms with Gasteiger partial charge in [-0.2, -0.15) is 0 Å². The van der Waals surface area contributed by atoms with Crippen LogP contribution in [0.2, 0.25) is 0 Å². The van der Waals surface area contributed by atoms with E-state index in [9.17, 15) is 8.78 Å². The van der Waals surface area contributed by atoms with Crippen molar-refractivity contribution in [3.8, 4) is 0 Å². The summed E-state index contributed by atoms with van der Waals surface area (Å²) in [7, 11) is 0. The summed E-state index contributed by atoms with van der Waals surface area (Å²) in [6, 6.07) is 5.57. The highest BCUT2D eigenvalue weighted by atomic mass is 127. The Kier molecular flexibility index (Phi) is 2.66. The van der Waals surface area contributed by atoms with Crippen molar-refractivity contribution in [2.45, 2.75) is 13.0 Å². The Balaban J connectivity index is 2.47. The van der Waals surface area contributed by atoms with Crippen molar-refractivity contribution >= 4 is 33.6 Å². The summed E-state index contributed by atoms with van der Waals surface area (Å²) in [6.07, 6.45) is -0.890. The van der Waals surface area contributed by atoms with Crippen LogP contribution < -0.4 is 0 Å². The summed E-state index contributed by atoms with van der Waals surface area (Å²) < 4.78 is 26.8. The first kappa shape index (κ1) is 9.82.